The van der Waals surface area contributed by atoms with Gasteiger partial charge in [-0.15, -0.1) is 5.10 Å². The van der Waals surface area contributed by atoms with E-state index in [9.17, 15) is 4.79 Å². The van der Waals surface area contributed by atoms with Crippen LogP contribution in [0.1, 0.15) is 34.7 Å². The Morgan fingerprint density at radius 1 is 1.20 bits per heavy atom. The van der Waals surface area contributed by atoms with E-state index in [1.165, 1.54) is 0 Å². The molecule has 0 saturated carbocycles. The van der Waals surface area contributed by atoms with Gasteiger partial charge in [0.25, 0.3) is 5.91 Å². The zero-order valence-electron chi connectivity index (χ0n) is 13.8. The Hall–Kier alpha value is -3.22. The maximum Gasteiger partial charge on any atom is 0.251 e. The molecule has 2 aromatic carbocycles. The molecular weight excluding hydrogens is 316 g/mol. The van der Waals surface area contributed by atoms with Gasteiger partial charge in [-0.2, -0.15) is 4.68 Å². The molecule has 7 heteroatoms. The fraction of sp³-hybridized carbons (Fsp3) is 0.222. The number of hydrogen-bond acceptors (Lipinski definition) is 5. The van der Waals surface area contributed by atoms with Crippen molar-refractivity contribution in [3.05, 3.63) is 65.5 Å². The second kappa shape index (κ2) is 6.35. The number of anilines is 1. The van der Waals surface area contributed by atoms with Gasteiger partial charge in [-0.3, -0.25) is 4.79 Å². The Morgan fingerprint density at radius 3 is 2.88 bits per heavy atom. The second-order valence-corrected chi connectivity index (χ2v) is 6.03. The molecule has 0 aliphatic carbocycles. The lowest BCUT2D eigenvalue weighted by Crippen LogP contribution is -2.31. The summed E-state index contributed by atoms with van der Waals surface area (Å²) in [6.07, 6.45) is 0.864. The molecule has 4 rings (SSSR count). The number of tetrazole rings is 1. The van der Waals surface area contributed by atoms with Crippen molar-refractivity contribution in [1.82, 2.24) is 25.5 Å². The molecule has 7 nitrogen and oxygen atoms in total. The molecule has 1 aliphatic rings. The van der Waals surface area contributed by atoms with Crippen molar-refractivity contribution >= 4 is 11.6 Å². The van der Waals surface area contributed by atoms with Crippen molar-refractivity contribution in [1.29, 1.82) is 0 Å². The molecule has 1 amide bonds. The van der Waals surface area contributed by atoms with Gasteiger partial charge in [-0.1, -0.05) is 24.3 Å². The van der Waals surface area contributed by atoms with Crippen LogP contribution in [0.3, 0.4) is 0 Å². The number of carbonyl (C=O) groups is 1. The highest BCUT2D eigenvalue weighted by Gasteiger charge is 2.19. The SMILES string of the molecule is CC(Nc1ccc2c(c1)C(=O)NCC2)c1nnnn1-c1ccccc1. The van der Waals surface area contributed by atoms with Crippen molar-refractivity contribution in [2.45, 2.75) is 19.4 Å². The van der Waals surface area contributed by atoms with Crippen LogP contribution in [0.15, 0.2) is 48.5 Å². The van der Waals surface area contributed by atoms with Gasteiger partial charge in [0.1, 0.15) is 0 Å². The third kappa shape index (κ3) is 2.96. The Labute approximate surface area is 145 Å². The number of fused-ring (bicyclic) bond motifs is 1. The zero-order chi connectivity index (χ0) is 17.2. The number of para-hydroxylation sites is 1. The first-order chi connectivity index (χ1) is 12.2. The van der Waals surface area contributed by atoms with Gasteiger partial charge in [0.05, 0.1) is 11.7 Å². The maximum atomic E-state index is 12.0. The zero-order valence-corrected chi connectivity index (χ0v) is 13.8. The van der Waals surface area contributed by atoms with Crippen LogP contribution in [0.25, 0.3) is 5.69 Å². The van der Waals surface area contributed by atoms with E-state index in [-0.39, 0.29) is 11.9 Å². The monoisotopic (exact) mass is 334 g/mol. The summed E-state index contributed by atoms with van der Waals surface area (Å²) in [6, 6.07) is 15.5. The summed E-state index contributed by atoms with van der Waals surface area (Å²) >= 11 is 0. The molecule has 3 aromatic rings. The van der Waals surface area contributed by atoms with Crippen molar-refractivity contribution < 1.29 is 4.79 Å². The Morgan fingerprint density at radius 2 is 2.04 bits per heavy atom. The number of aromatic nitrogens is 4. The van der Waals surface area contributed by atoms with Crippen LogP contribution in [-0.2, 0) is 6.42 Å². The van der Waals surface area contributed by atoms with Gasteiger partial charge >= 0.3 is 0 Å². The summed E-state index contributed by atoms with van der Waals surface area (Å²) in [5, 5.41) is 18.3. The smallest absolute Gasteiger partial charge is 0.251 e. The fourth-order valence-electron chi connectivity index (χ4n) is 3.03. The van der Waals surface area contributed by atoms with Gasteiger partial charge in [0.2, 0.25) is 0 Å². The number of amides is 1. The van der Waals surface area contributed by atoms with Crippen molar-refractivity contribution in [2.24, 2.45) is 0 Å². The molecule has 1 unspecified atom stereocenters. The number of nitrogens with one attached hydrogen (secondary N) is 2. The Kier molecular flexibility index (Phi) is 3.89. The topological polar surface area (TPSA) is 84.7 Å². The highest BCUT2D eigenvalue weighted by atomic mass is 16.1. The molecule has 1 aromatic heterocycles. The standard InChI is InChI=1S/C18H18N6O/c1-12(17-21-22-23-24(17)15-5-3-2-4-6-15)20-14-8-7-13-9-10-19-18(25)16(13)11-14/h2-8,11-12,20H,9-10H2,1H3,(H,19,25). The highest BCUT2D eigenvalue weighted by Crippen LogP contribution is 2.23. The molecule has 0 bridgehead atoms. The van der Waals surface area contributed by atoms with Crippen LogP contribution in [0, 0.1) is 0 Å². The van der Waals surface area contributed by atoms with Gasteiger partial charge in [0, 0.05) is 17.8 Å². The van der Waals surface area contributed by atoms with E-state index in [1.54, 1.807) is 4.68 Å². The average molecular weight is 334 g/mol. The van der Waals surface area contributed by atoms with Crippen LogP contribution in [0.4, 0.5) is 5.69 Å². The van der Waals surface area contributed by atoms with Crippen LogP contribution >= 0.6 is 0 Å². The third-order valence-corrected chi connectivity index (χ3v) is 4.30. The Balaban J connectivity index is 1.59. The summed E-state index contributed by atoms with van der Waals surface area (Å²) < 4.78 is 1.71. The van der Waals surface area contributed by atoms with Crippen LogP contribution in [-0.4, -0.2) is 32.7 Å². The molecule has 1 aliphatic heterocycles. The van der Waals surface area contributed by atoms with E-state index in [2.05, 4.69) is 26.2 Å². The molecule has 2 N–H and O–H groups in total. The first kappa shape index (κ1) is 15.3. The minimum atomic E-state index is -0.125. The van der Waals surface area contributed by atoms with E-state index in [1.807, 2.05) is 55.5 Å². The predicted octanol–water partition coefficient (Wildman–Crippen LogP) is 2.12. The molecule has 0 fully saturated rings. The maximum absolute atomic E-state index is 12.0. The lowest BCUT2D eigenvalue weighted by atomic mass is 9.99. The summed E-state index contributed by atoms with van der Waals surface area (Å²) in [5.41, 5.74) is 3.58. The summed E-state index contributed by atoms with van der Waals surface area (Å²) in [7, 11) is 0. The predicted molar refractivity (Wildman–Crippen MR) is 93.7 cm³/mol. The number of hydrogen-bond donors (Lipinski definition) is 2. The van der Waals surface area contributed by atoms with Gasteiger partial charge < -0.3 is 10.6 Å². The number of rotatable bonds is 4. The second-order valence-electron chi connectivity index (χ2n) is 6.03. The van der Waals surface area contributed by atoms with Crippen molar-refractivity contribution in [3.63, 3.8) is 0 Å². The van der Waals surface area contributed by atoms with E-state index in [0.717, 1.165) is 28.9 Å². The first-order valence-electron chi connectivity index (χ1n) is 8.24. The largest absolute Gasteiger partial charge is 0.375 e. The Bertz CT molecular complexity index is 905. The van der Waals surface area contributed by atoms with E-state index >= 15 is 0 Å². The average Bonchev–Trinajstić information content (AvgIpc) is 3.13. The molecule has 0 spiro atoms. The summed E-state index contributed by atoms with van der Waals surface area (Å²) in [6.45, 7) is 2.69. The third-order valence-electron chi connectivity index (χ3n) is 4.30. The molecule has 2 heterocycles. The van der Waals surface area contributed by atoms with E-state index in [4.69, 9.17) is 0 Å². The molecule has 25 heavy (non-hydrogen) atoms. The van der Waals surface area contributed by atoms with E-state index < -0.39 is 0 Å². The number of benzene rings is 2. The lowest BCUT2D eigenvalue weighted by molar-refractivity contribution is 0.0946. The molecule has 0 radical (unpaired) electrons. The quantitative estimate of drug-likeness (QED) is 0.763. The van der Waals surface area contributed by atoms with Crippen molar-refractivity contribution in [3.8, 4) is 5.69 Å². The van der Waals surface area contributed by atoms with Gasteiger partial charge in [-0.25, -0.2) is 0 Å². The number of nitrogens with zero attached hydrogens (tertiary/aromatic N) is 4. The summed E-state index contributed by atoms with van der Waals surface area (Å²) in [5.74, 6) is 0.681. The lowest BCUT2D eigenvalue weighted by Gasteiger charge is -2.19. The summed E-state index contributed by atoms with van der Waals surface area (Å²) in [4.78, 5) is 12.0. The van der Waals surface area contributed by atoms with Crippen LogP contribution < -0.4 is 10.6 Å². The number of carbonyl (C=O) groups excluding carboxylic acids is 1. The van der Waals surface area contributed by atoms with Crippen LogP contribution in [0.5, 0.6) is 0 Å². The normalized spacial score (nSPS) is 14.5. The van der Waals surface area contributed by atoms with E-state index in [0.29, 0.717) is 12.4 Å². The fourth-order valence-corrected chi connectivity index (χ4v) is 3.03. The van der Waals surface area contributed by atoms with Crippen molar-refractivity contribution in [2.75, 3.05) is 11.9 Å². The highest BCUT2D eigenvalue weighted by molar-refractivity contribution is 5.97. The minimum Gasteiger partial charge on any atom is -0.375 e. The van der Waals surface area contributed by atoms with Gasteiger partial charge in [0.15, 0.2) is 5.82 Å². The van der Waals surface area contributed by atoms with Crippen LogP contribution in [0.2, 0.25) is 0 Å². The van der Waals surface area contributed by atoms with Gasteiger partial charge in [-0.05, 0) is 53.6 Å². The first-order valence-corrected chi connectivity index (χ1v) is 8.24. The molecule has 0 saturated heterocycles. The minimum absolute atomic E-state index is 0.0216. The molecular formula is C18H18N6O. The molecule has 1 atom stereocenters. The molecule has 126 valence electrons.